The first-order valence-corrected chi connectivity index (χ1v) is 10.9. The summed E-state index contributed by atoms with van der Waals surface area (Å²) in [5.74, 6) is 0.237. The molecule has 2 aromatic carbocycles. The Hall–Kier alpha value is -2.58. The van der Waals surface area contributed by atoms with Crippen molar-refractivity contribution in [3.63, 3.8) is 0 Å². The lowest BCUT2D eigenvalue weighted by Crippen LogP contribution is -2.43. The highest BCUT2D eigenvalue weighted by molar-refractivity contribution is 7.89. The minimum atomic E-state index is -3.75. The molecule has 1 aliphatic heterocycles. The Balaban J connectivity index is 1.75. The van der Waals surface area contributed by atoms with Gasteiger partial charge in [0.05, 0.1) is 25.0 Å². The summed E-state index contributed by atoms with van der Waals surface area (Å²) in [6, 6.07) is 12.0. The van der Waals surface area contributed by atoms with Crippen molar-refractivity contribution in [1.82, 2.24) is 4.31 Å². The van der Waals surface area contributed by atoms with Gasteiger partial charge < -0.3 is 14.8 Å². The SMILES string of the molecule is COc1ccc(S(=O)(=O)N2CCC[C@@H](C(=O)Nc3ccc(C)cc3)C2)cc1OC. The van der Waals surface area contributed by atoms with Gasteiger partial charge in [0.25, 0.3) is 0 Å². The predicted molar refractivity (Wildman–Crippen MR) is 111 cm³/mol. The van der Waals surface area contributed by atoms with Crippen LogP contribution in [0.1, 0.15) is 18.4 Å². The number of hydrogen-bond acceptors (Lipinski definition) is 5. The van der Waals surface area contributed by atoms with Gasteiger partial charge in [0.1, 0.15) is 0 Å². The molecule has 1 saturated heterocycles. The molecule has 29 heavy (non-hydrogen) atoms. The number of nitrogens with one attached hydrogen (secondary N) is 1. The number of piperidine rings is 1. The van der Waals surface area contributed by atoms with Crippen molar-refractivity contribution in [2.24, 2.45) is 5.92 Å². The van der Waals surface area contributed by atoms with E-state index in [0.717, 1.165) is 5.56 Å². The van der Waals surface area contributed by atoms with Crippen molar-refractivity contribution in [1.29, 1.82) is 0 Å². The second-order valence-corrected chi connectivity index (χ2v) is 9.01. The summed E-state index contributed by atoms with van der Waals surface area (Å²) in [4.78, 5) is 12.8. The number of carbonyl (C=O) groups excluding carboxylic acids is 1. The highest BCUT2D eigenvalue weighted by Gasteiger charge is 2.33. The molecule has 0 aliphatic carbocycles. The number of benzene rings is 2. The van der Waals surface area contributed by atoms with Crippen LogP contribution in [0.4, 0.5) is 5.69 Å². The molecule has 0 bridgehead atoms. The number of anilines is 1. The van der Waals surface area contributed by atoms with Gasteiger partial charge >= 0.3 is 0 Å². The summed E-state index contributed by atoms with van der Waals surface area (Å²) in [7, 11) is -0.794. The van der Waals surface area contributed by atoms with Crippen LogP contribution in [0.15, 0.2) is 47.4 Å². The van der Waals surface area contributed by atoms with Crippen LogP contribution < -0.4 is 14.8 Å². The van der Waals surface area contributed by atoms with Crippen LogP contribution >= 0.6 is 0 Å². The van der Waals surface area contributed by atoms with E-state index in [1.165, 1.54) is 30.7 Å². The average Bonchev–Trinajstić information content (AvgIpc) is 2.74. The number of sulfonamides is 1. The first-order valence-electron chi connectivity index (χ1n) is 9.45. The normalized spacial score (nSPS) is 17.6. The summed E-state index contributed by atoms with van der Waals surface area (Å²) in [6.45, 7) is 2.50. The van der Waals surface area contributed by atoms with E-state index in [1.54, 1.807) is 6.07 Å². The minimum absolute atomic E-state index is 0.120. The lowest BCUT2D eigenvalue weighted by molar-refractivity contribution is -0.120. The van der Waals surface area contributed by atoms with Gasteiger partial charge in [-0.1, -0.05) is 17.7 Å². The van der Waals surface area contributed by atoms with Gasteiger partial charge in [-0.05, 0) is 44.0 Å². The summed E-state index contributed by atoms with van der Waals surface area (Å²) >= 11 is 0. The van der Waals surface area contributed by atoms with E-state index in [0.29, 0.717) is 36.6 Å². The summed E-state index contributed by atoms with van der Waals surface area (Å²) in [6.07, 6.45) is 1.27. The number of aryl methyl sites for hydroxylation is 1. The Kier molecular flexibility index (Phi) is 6.44. The smallest absolute Gasteiger partial charge is 0.243 e. The molecule has 0 unspecified atom stereocenters. The molecule has 1 amide bonds. The van der Waals surface area contributed by atoms with E-state index in [2.05, 4.69) is 5.32 Å². The first kappa shape index (κ1) is 21.1. The van der Waals surface area contributed by atoms with E-state index < -0.39 is 15.9 Å². The molecule has 1 fully saturated rings. The number of nitrogens with zero attached hydrogens (tertiary/aromatic N) is 1. The van der Waals surface area contributed by atoms with Gasteiger partial charge in [-0.2, -0.15) is 4.31 Å². The van der Waals surface area contributed by atoms with Crippen molar-refractivity contribution in [2.45, 2.75) is 24.7 Å². The lowest BCUT2D eigenvalue weighted by Gasteiger charge is -2.31. The minimum Gasteiger partial charge on any atom is -0.493 e. The van der Waals surface area contributed by atoms with Crippen molar-refractivity contribution in [2.75, 3.05) is 32.6 Å². The van der Waals surface area contributed by atoms with E-state index in [4.69, 9.17) is 9.47 Å². The fourth-order valence-corrected chi connectivity index (χ4v) is 4.92. The number of rotatable bonds is 6. The van der Waals surface area contributed by atoms with Gasteiger partial charge in [0.15, 0.2) is 11.5 Å². The summed E-state index contributed by atoms with van der Waals surface area (Å²) in [5.41, 5.74) is 1.81. The topological polar surface area (TPSA) is 84.9 Å². The van der Waals surface area contributed by atoms with Crippen molar-refractivity contribution in [3.05, 3.63) is 48.0 Å². The molecular weight excluding hydrogens is 392 g/mol. The van der Waals surface area contributed by atoms with Gasteiger partial charge in [-0.3, -0.25) is 4.79 Å². The Morgan fingerprint density at radius 3 is 2.41 bits per heavy atom. The zero-order valence-electron chi connectivity index (χ0n) is 16.8. The monoisotopic (exact) mass is 418 g/mol. The van der Waals surface area contributed by atoms with Crippen LogP contribution in [0.25, 0.3) is 0 Å². The van der Waals surface area contributed by atoms with Crippen molar-refractivity contribution >= 4 is 21.6 Å². The van der Waals surface area contributed by atoms with Gasteiger partial charge in [0, 0.05) is 24.8 Å². The molecule has 0 aromatic heterocycles. The summed E-state index contributed by atoms with van der Waals surface area (Å²) in [5, 5.41) is 2.89. The maximum Gasteiger partial charge on any atom is 0.243 e. The molecule has 1 atom stereocenters. The molecule has 2 aromatic rings. The third-order valence-electron chi connectivity index (χ3n) is 5.07. The lowest BCUT2D eigenvalue weighted by atomic mass is 9.98. The van der Waals surface area contributed by atoms with E-state index >= 15 is 0 Å². The fourth-order valence-electron chi connectivity index (χ4n) is 3.38. The van der Waals surface area contributed by atoms with Crippen LogP contribution in [-0.2, 0) is 14.8 Å². The average molecular weight is 419 g/mol. The zero-order valence-corrected chi connectivity index (χ0v) is 17.7. The van der Waals surface area contributed by atoms with E-state index in [1.807, 2.05) is 31.2 Å². The standard InChI is InChI=1S/C21H26N2O5S/c1-15-6-8-17(9-7-15)22-21(24)16-5-4-12-23(14-16)29(25,26)18-10-11-19(27-2)20(13-18)28-3/h6-11,13,16H,4-5,12,14H2,1-3H3,(H,22,24)/t16-/m1/s1. The molecule has 1 aliphatic rings. The van der Waals surface area contributed by atoms with Crippen LogP contribution in [0, 0.1) is 12.8 Å². The Morgan fingerprint density at radius 2 is 1.76 bits per heavy atom. The fraction of sp³-hybridized carbons (Fsp3) is 0.381. The van der Waals surface area contributed by atoms with Crippen LogP contribution in [-0.4, -0.2) is 45.9 Å². The largest absolute Gasteiger partial charge is 0.493 e. The van der Waals surface area contributed by atoms with Crippen LogP contribution in [0.5, 0.6) is 11.5 Å². The van der Waals surface area contributed by atoms with Crippen molar-refractivity contribution in [3.8, 4) is 11.5 Å². The molecule has 0 saturated carbocycles. The third-order valence-corrected chi connectivity index (χ3v) is 6.93. The molecule has 8 heteroatoms. The molecular formula is C21H26N2O5S. The quantitative estimate of drug-likeness (QED) is 0.779. The second kappa shape index (κ2) is 8.84. The second-order valence-electron chi connectivity index (χ2n) is 7.07. The number of ether oxygens (including phenoxy) is 2. The molecule has 3 rings (SSSR count). The molecule has 0 spiro atoms. The Labute approximate surface area is 171 Å². The summed E-state index contributed by atoms with van der Waals surface area (Å²) < 4.78 is 38.0. The molecule has 7 nitrogen and oxygen atoms in total. The first-order chi connectivity index (χ1) is 13.8. The van der Waals surface area contributed by atoms with Crippen LogP contribution in [0.2, 0.25) is 0 Å². The molecule has 156 valence electrons. The van der Waals surface area contributed by atoms with E-state index in [9.17, 15) is 13.2 Å². The molecule has 1 heterocycles. The number of hydrogen-bond donors (Lipinski definition) is 1. The highest BCUT2D eigenvalue weighted by atomic mass is 32.2. The third kappa shape index (κ3) is 4.71. The predicted octanol–water partition coefficient (Wildman–Crippen LogP) is 3.05. The Bertz CT molecular complexity index is 973. The Morgan fingerprint density at radius 1 is 1.07 bits per heavy atom. The number of carbonyl (C=O) groups is 1. The number of methoxy groups -OCH3 is 2. The van der Waals surface area contributed by atoms with Gasteiger partial charge in [-0.15, -0.1) is 0 Å². The van der Waals surface area contributed by atoms with Gasteiger partial charge in [0.2, 0.25) is 15.9 Å². The molecule has 0 radical (unpaired) electrons. The van der Waals surface area contributed by atoms with Gasteiger partial charge in [-0.25, -0.2) is 8.42 Å². The number of amides is 1. The zero-order chi connectivity index (χ0) is 21.0. The highest BCUT2D eigenvalue weighted by Crippen LogP contribution is 2.32. The van der Waals surface area contributed by atoms with Crippen LogP contribution in [0.3, 0.4) is 0 Å². The maximum atomic E-state index is 13.1. The maximum absolute atomic E-state index is 13.1. The van der Waals surface area contributed by atoms with E-state index in [-0.39, 0.29) is 17.3 Å². The molecule has 1 N–H and O–H groups in total. The van der Waals surface area contributed by atoms with Crippen molar-refractivity contribution < 1.29 is 22.7 Å².